The molecule has 0 atom stereocenters. The predicted molar refractivity (Wildman–Crippen MR) is 193 cm³/mol. The van der Waals surface area contributed by atoms with E-state index in [9.17, 15) is 19.2 Å². The summed E-state index contributed by atoms with van der Waals surface area (Å²) in [5.41, 5.74) is 1.21. The number of hydrogen-bond donors (Lipinski definition) is 2. The van der Waals surface area contributed by atoms with Crippen molar-refractivity contribution < 1.29 is 38.9 Å². The number of ether oxygens (including phenoxy) is 2. The van der Waals surface area contributed by atoms with Crippen LogP contribution < -0.4 is 0 Å². The Morgan fingerprint density at radius 1 is 0.646 bits per heavy atom. The zero-order chi connectivity index (χ0) is 37.0. The number of aromatic carboxylic acids is 2. The summed E-state index contributed by atoms with van der Waals surface area (Å²) in [4.78, 5) is 44.9. The third-order valence-corrected chi connectivity index (χ3v) is 7.74. The highest BCUT2D eigenvalue weighted by Crippen LogP contribution is 2.28. The largest absolute Gasteiger partial charge is 0.478 e. The second kappa shape index (κ2) is 22.8. The molecule has 0 radical (unpaired) electrons. The van der Waals surface area contributed by atoms with Gasteiger partial charge in [-0.25, -0.2) is 19.2 Å². The molecule has 0 spiro atoms. The number of esters is 2. The summed E-state index contributed by atoms with van der Waals surface area (Å²) >= 11 is 0. The maximum absolute atomic E-state index is 11.9. The number of carbonyl (C=O) groups excluding carboxylic acids is 2. The summed E-state index contributed by atoms with van der Waals surface area (Å²) < 4.78 is 10.4. The van der Waals surface area contributed by atoms with Gasteiger partial charge in [0.25, 0.3) is 0 Å². The van der Waals surface area contributed by atoms with Gasteiger partial charge in [-0.05, 0) is 103 Å². The first-order valence-corrected chi connectivity index (χ1v) is 17.2. The van der Waals surface area contributed by atoms with Gasteiger partial charge >= 0.3 is 23.9 Å². The van der Waals surface area contributed by atoms with Crippen molar-refractivity contribution in [1.29, 1.82) is 0 Å². The van der Waals surface area contributed by atoms with E-state index in [-0.39, 0.29) is 22.5 Å². The zero-order valence-corrected chi connectivity index (χ0v) is 31.3. The highest BCUT2D eigenvalue weighted by Gasteiger charge is 2.20. The number of rotatable bonds is 9. The molecule has 2 N–H and O–H groups in total. The van der Waals surface area contributed by atoms with Crippen LogP contribution in [0.2, 0.25) is 0 Å². The van der Waals surface area contributed by atoms with E-state index >= 15 is 0 Å². The first-order chi connectivity index (χ1) is 22.2. The van der Waals surface area contributed by atoms with Crippen molar-refractivity contribution in [2.24, 2.45) is 35.0 Å². The lowest BCUT2D eigenvalue weighted by Gasteiger charge is -2.25. The molecule has 270 valence electrons. The molecule has 8 nitrogen and oxygen atoms in total. The van der Waals surface area contributed by atoms with E-state index in [0.717, 1.165) is 42.9 Å². The van der Waals surface area contributed by atoms with Gasteiger partial charge in [0, 0.05) is 0 Å². The lowest BCUT2D eigenvalue weighted by Crippen LogP contribution is -2.19. The summed E-state index contributed by atoms with van der Waals surface area (Å²) in [6, 6.07) is 11.5. The second-order valence-electron chi connectivity index (χ2n) is 15.2. The summed E-state index contributed by atoms with van der Waals surface area (Å²) in [6.07, 6.45) is 5.43. The number of carboxylic acids is 2. The Labute approximate surface area is 289 Å². The highest BCUT2D eigenvalue weighted by molar-refractivity contribution is 5.93. The van der Waals surface area contributed by atoms with Gasteiger partial charge in [-0.15, -0.1) is 0 Å². The summed E-state index contributed by atoms with van der Waals surface area (Å²) in [5.74, 6) is 0.981. The van der Waals surface area contributed by atoms with E-state index in [2.05, 4.69) is 76.2 Å². The van der Waals surface area contributed by atoms with Crippen molar-refractivity contribution in [2.75, 3.05) is 13.2 Å². The molecule has 0 amide bonds. The van der Waals surface area contributed by atoms with Gasteiger partial charge in [0.2, 0.25) is 0 Å². The quantitative estimate of drug-likeness (QED) is 0.252. The minimum atomic E-state index is -1.01. The first kappa shape index (κ1) is 44.3. The lowest BCUT2D eigenvalue weighted by molar-refractivity contribution is 0.0396. The van der Waals surface area contributed by atoms with Gasteiger partial charge in [0.05, 0.1) is 35.5 Å². The fourth-order valence-electron chi connectivity index (χ4n) is 3.80. The van der Waals surface area contributed by atoms with Crippen molar-refractivity contribution in [3.63, 3.8) is 0 Å². The molecular weight excluding hydrogens is 608 g/mol. The van der Waals surface area contributed by atoms with Gasteiger partial charge in [-0.1, -0.05) is 89.0 Å². The van der Waals surface area contributed by atoms with Gasteiger partial charge in [0.15, 0.2) is 0 Å². The third-order valence-electron chi connectivity index (χ3n) is 7.74. The molecule has 2 aromatic rings. The van der Waals surface area contributed by atoms with Crippen LogP contribution in [0.15, 0.2) is 48.5 Å². The Hall–Kier alpha value is -3.68. The van der Waals surface area contributed by atoms with Crippen LogP contribution in [-0.2, 0) is 9.47 Å². The second-order valence-corrected chi connectivity index (χ2v) is 15.2. The Kier molecular flexibility index (Phi) is 21.1. The molecule has 0 aliphatic heterocycles. The molecule has 48 heavy (non-hydrogen) atoms. The maximum atomic E-state index is 11.9. The van der Waals surface area contributed by atoms with Crippen LogP contribution in [0.3, 0.4) is 0 Å². The SMILES string of the molecule is CC(C)(C)CCOC(=O)c1ccc(C(=O)O)cc1.CC(C)C.CC(C)C(C)C.CC1CCC(COC(=O)c2ccc(C(=O)O)cc2)CC1. The zero-order valence-electron chi connectivity index (χ0n) is 31.3. The Morgan fingerprint density at radius 2 is 0.979 bits per heavy atom. The van der Waals surface area contributed by atoms with Crippen LogP contribution >= 0.6 is 0 Å². The van der Waals surface area contributed by atoms with Crippen LogP contribution in [-0.4, -0.2) is 47.3 Å². The van der Waals surface area contributed by atoms with E-state index in [1.54, 1.807) is 0 Å². The highest BCUT2D eigenvalue weighted by atomic mass is 16.5. The van der Waals surface area contributed by atoms with E-state index in [1.165, 1.54) is 61.4 Å². The topological polar surface area (TPSA) is 127 Å². The number of carboxylic acid groups (broad SMARTS) is 2. The fraction of sp³-hybridized carbons (Fsp3) is 0.600. The molecule has 3 rings (SSSR count). The van der Waals surface area contributed by atoms with Crippen molar-refractivity contribution in [2.45, 2.75) is 108 Å². The average Bonchev–Trinajstić information content (AvgIpc) is 3.00. The molecule has 0 saturated heterocycles. The van der Waals surface area contributed by atoms with E-state index in [0.29, 0.717) is 30.3 Å². The van der Waals surface area contributed by atoms with Gasteiger partial charge < -0.3 is 19.7 Å². The van der Waals surface area contributed by atoms with E-state index in [1.807, 2.05) is 0 Å². The van der Waals surface area contributed by atoms with Crippen molar-refractivity contribution in [1.82, 2.24) is 0 Å². The summed E-state index contributed by atoms with van der Waals surface area (Å²) in [5, 5.41) is 17.5. The molecule has 1 saturated carbocycles. The minimum Gasteiger partial charge on any atom is -0.478 e. The molecule has 1 aliphatic carbocycles. The normalized spacial score (nSPS) is 15.5. The number of carbonyl (C=O) groups is 4. The summed E-state index contributed by atoms with van der Waals surface area (Å²) in [6.45, 7) is 24.8. The molecular formula is C40H62O8. The van der Waals surface area contributed by atoms with E-state index in [4.69, 9.17) is 19.7 Å². The van der Waals surface area contributed by atoms with Crippen LogP contribution in [0.1, 0.15) is 150 Å². The van der Waals surface area contributed by atoms with Crippen LogP contribution in [0, 0.1) is 35.0 Å². The predicted octanol–water partition coefficient (Wildman–Crippen LogP) is 10.3. The molecule has 0 heterocycles. The molecule has 1 aliphatic rings. The smallest absolute Gasteiger partial charge is 0.338 e. The third kappa shape index (κ3) is 21.2. The standard InChI is InChI=1S/C16H20O4.C14H18O4.C6H14.C4H10/c1-11-2-4-12(5-3-11)10-20-16(19)14-8-6-13(7-9-14)15(17)18;1-14(2,3)8-9-18-13(17)11-6-4-10(5-7-11)12(15)16;1-5(2)6(3)4;1-4(2)3/h6-9,11-12H,2-5,10H2,1H3,(H,17,18);4-7H,8-9H2,1-3H3,(H,15,16);5-6H,1-4H3;4H,1-3H3. The lowest BCUT2D eigenvalue weighted by atomic mass is 9.83. The van der Waals surface area contributed by atoms with Gasteiger partial charge in [-0.2, -0.15) is 0 Å². The van der Waals surface area contributed by atoms with Crippen molar-refractivity contribution in [3.05, 3.63) is 70.8 Å². The molecule has 8 heteroatoms. The average molecular weight is 671 g/mol. The van der Waals surface area contributed by atoms with Gasteiger partial charge in [0.1, 0.15) is 0 Å². The molecule has 1 fully saturated rings. The first-order valence-electron chi connectivity index (χ1n) is 17.2. The van der Waals surface area contributed by atoms with Crippen LogP contribution in [0.5, 0.6) is 0 Å². The van der Waals surface area contributed by atoms with Crippen LogP contribution in [0.4, 0.5) is 0 Å². The number of benzene rings is 2. The van der Waals surface area contributed by atoms with Crippen molar-refractivity contribution in [3.8, 4) is 0 Å². The molecule has 0 unspecified atom stereocenters. The van der Waals surface area contributed by atoms with Crippen LogP contribution in [0.25, 0.3) is 0 Å². The minimum absolute atomic E-state index is 0.118. The molecule has 0 bridgehead atoms. The number of hydrogen-bond acceptors (Lipinski definition) is 6. The Bertz CT molecular complexity index is 1200. The maximum Gasteiger partial charge on any atom is 0.338 e. The van der Waals surface area contributed by atoms with Crippen molar-refractivity contribution >= 4 is 23.9 Å². The fourth-order valence-corrected chi connectivity index (χ4v) is 3.80. The Balaban J connectivity index is 0.000000722. The Morgan fingerprint density at radius 3 is 1.29 bits per heavy atom. The van der Waals surface area contributed by atoms with E-state index < -0.39 is 17.9 Å². The molecule has 2 aromatic carbocycles. The van der Waals surface area contributed by atoms with Gasteiger partial charge in [-0.3, -0.25) is 0 Å². The summed E-state index contributed by atoms with van der Waals surface area (Å²) in [7, 11) is 0. The monoisotopic (exact) mass is 670 g/mol. The molecule has 0 aromatic heterocycles.